The molecule has 2 rings (SSSR count). The van der Waals surface area contributed by atoms with E-state index < -0.39 is 10.5 Å². The highest BCUT2D eigenvalue weighted by molar-refractivity contribution is 5.68. The van der Waals surface area contributed by atoms with Crippen molar-refractivity contribution in [1.82, 2.24) is 9.88 Å². The van der Waals surface area contributed by atoms with E-state index in [-0.39, 0.29) is 17.7 Å². The highest BCUT2D eigenvalue weighted by Crippen LogP contribution is 2.21. The van der Waals surface area contributed by atoms with E-state index in [0.717, 1.165) is 12.6 Å². The maximum Gasteiger partial charge on any atom is 0.410 e. The summed E-state index contributed by atoms with van der Waals surface area (Å²) in [6.07, 6.45) is 1.68. The Morgan fingerprint density at radius 3 is 2.78 bits per heavy atom. The maximum atomic E-state index is 12.0. The molecular formula is C15H21N3O5. The number of carbonyl (C=O) groups excluding carboxylic acids is 1. The first kappa shape index (κ1) is 17.0. The van der Waals surface area contributed by atoms with E-state index in [4.69, 9.17) is 9.47 Å². The van der Waals surface area contributed by atoms with Gasteiger partial charge in [0.15, 0.2) is 0 Å². The van der Waals surface area contributed by atoms with Crippen LogP contribution in [0.5, 0.6) is 5.88 Å². The van der Waals surface area contributed by atoms with Crippen LogP contribution in [0.1, 0.15) is 27.2 Å². The Hall–Kier alpha value is -2.38. The summed E-state index contributed by atoms with van der Waals surface area (Å²) in [6.45, 7) is 7.12. The molecule has 0 spiro atoms. The van der Waals surface area contributed by atoms with Gasteiger partial charge in [-0.1, -0.05) is 0 Å². The minimum absolute atomic E-state index is 0.0747. The Balaban J connectivity index is 1.79. The topological polar surface area (TPSA) is 94.8 Å². The predicted octanol–water partition coefficient (Wildman–Crippen LogP) is 2.63. The number of aromatic nitrogens is 1. The lowest BCUT2D eigenvalue weighted by Gasteiger charge is -2.24. The van der Waals surface area contributed by atoms with Gasteiger partial charge in [0.25, 0.3) is 5.69 Å². The third-order valence-corrected chi connectivity index (χ3v) is 3.34. The summed E-state index contributed by atoms with van der Waals surface area (Å²) in [6, 6.07) is 2.82. The van der Waals surface area contributed by atoms with Gasteiger partial charge in [-0.15, -0.1) is 0 Å². The number of nitro groups is 1. The molecule has 0 N–H and O–H groups in total. The van der Waals surface area contributed by atoms with Crippen LogP contribution in [0.4, 0.5) is 10.5 Å². The van der Waals surface area contributed by atoms with Crippen LogP contribution in [-0.4, -0.2) is 46.2 Å². The van der Waals surface area contributed by atoms with Crippen LogP contribution >= 0.6 is 0 Å². The molecule has 1 fully saturated rings. The molecule has 8 nitrogen and oxygen atoms in total. The molecule has 0 saturated carbocycles. The van der Waals surface area contributed by atoms with Gasteiger partial charge in [-0.3, -0.25) is 10.1 Å². The van der Waals surface area contributed by atoms with Crippen LogP contribution < -0.4 is 4.74 Å². The number of hydrogen-bond acceptors (Lipinski definition) is 6. The number of ether oxygens (including phenoxy) is 2. The lowest BCUT2D eigenvalue weighted by Crippen LogP contribution is -2.35. The van der Waals surface area contributed by atoms with Crippen molar-refractivity contribution in [3.8, 4) is 5.88 Å². The molecule has 0 aromatic carbocycles. The average Bonchev–Trinajstić information content (AvgIpc) is 2.93. The van der Waals surface area contributed by atoms with Crippen LogP contribution in [0.2, 0.25) is 0 Å². The molecule has 1 aromatic rings. The predicted molar refractivity (Wildman–Crippen MR) is 82.3 cm³/mol. The lowest BCUT2D eigenvalue weighted by atomic mass is 10.1. The van der Waals surface area contributed by atoms with Crippen molar-refractivity contribution in [1.29, 1.82) is 0 Å². The quantitative estimate of drug-likeness (QED) is 0.624. The van der Waals surface area contributed by atoms with E-state index in [2.05, 4.69) is 4.98 Å². The van der Waals surface area contributed by atoms with E-state index in [1.165, 1.54) is 12.1 Å². The van der Waals surface area contributed by atoms with Gasteiger partial charge in [-0.05, 0) is 27.2 Å². The Kier molecular flexibility index (Phi) is 5.02. The highest BCUT2D eigenvalue weighted by atomic mass is 16.6. The number of likely N-dealkylation sites (tertiary alicyclic amines) is 1. The molecule has 23 heavy (non-hydrogen) atoms. The molecule has 1 saturated heterocycles. The molecule has 0 radical (unpaired) electrons. The largest absolute Gasteiger partial charge is 0.477 e. The van der Waals surface area contributed by atoms with Gasteiger partial charge >= 0.3 is 6.09 Å². The van der Waals surface area contributed by atoms with E-state index in [9.17, 15) is 14.9 Å². The number of pyridine rings is 1. The van der Waals surface area contributed by atoms with Crippen molar-refractivity contribution in [2.75, 3.05) is 19.7 Å². The van der Waals surface area contributed by atoms with Crippen molar-refractivity contribution in [2.24, 2.45) is 5.92 Å². The summed E-state index contributed by atoms with van der Waals surface area (Å²) in [4.78, 5) is 27.6. The van der Waals surface area contributed by atoms with Crippen LogP contribution in [0.15, 0.2) is 18.3 Å². The van der Waals surface area contributed by atoms with Crippen LogP contribution in [0.25, 0.3) is 0 Å². The zero-order chi connectivity index (χ0) is 17.0. The Morgan fingerprint density at radius 2 is 2.22 bits per heavy atom. The van der Waals surface area contributed by atoms with E-state index in [1.807, 2.05) is 20.8 Å². The van der Waals surface area contributed by atoms with Crippen molar-refractivity contribution in [3.63, 3.8) is 0 Å². The first-order valence-corrected chi connectivity index (χ1v) is 7.46. The second-order valence-corrected chi connectivity index (χ2v) is 6.50. The summed E-state index contributed by atoms with van der Waals surface area (Å²) >= 11 is 0. The van der Waals surface area contributed by atoms with Gasteiger partial charge in [0.1, 0.15) is 11.8 Å². The Labute approximate surface area is 134 Å². The van der Waals surface area contributed by atoms with Crippen LogP contribution in [0.3, 0.4) is 0 Å². The number of carbonyl (C=O) groups is 1. The fourth-order valence-electron chi connectivity index (χ4n) is 2.23. The number of hydrogen-bond donors (Lipinski definition) is 0. The van der Waals surface area contributed by atoms with Crippen LogP contribution in [-0.2, 0) is 4.74 Å². The van der Waals surface area contributed by atoms with Gasteiger partial charge in [0.05, 0.1) is 11.5 Å². The summed E-state index contributed by atoms with van der Waals surface area (Å²) < 4.78 is 10.9. The number of rotatable bonds is 4. The van der Waals surface area contributed by atoms with E-state index >= 15 is 0 Å². The third kappa shape index (κ3) is 5.08. The molecule has 1 unspecified atom stereocenters. The van der Waals surface area contributed by atoms with E-state index in [1.54, 1.807) is 4.90 Å². The summed E-state index contributed by atoms with van der Waals surface area (Å²) in [5.74, 6) is 0.533. The smallest absolute Gasteiger partial charge is 0.410 e. The molecule has 1 amide bonds. The molecule has 0 bridgehead atoms. The van der Waals surface area contributed by atoms with Gasteiger partial charge in [0.2, 0.25) is 5.88 Å². The molecule has 8 heteroatoms. The molecule has 2 heterocycles. The van der Waals surface area contributed by atoms with Gasteiger partial charge in [-0.25, -0.2) is 9.78 Å². The Bertz CT molecular complexity index is 567. The maximum absolute atomic E-state index is 12.0. The molecule has 1 aliphatic heterocycles. The summed E-state index contributed by atoms with van der Waals surface area (Å²) in [5.41, 5.74) is -0.580. The number of nitrogens with zero attached hydrogens (tertiary/aromatic N) is 3. The second-order valence-electron chi connectivity index (χ2n) is 6.50. The van der Waals surface area contributed by atoms with E-state index in [0.29, 0.717) is 25.6 Å². The SMILES string of the molecule is CC(C)(C)OC(=O)N1CCC(COc2ccc([N+](=O)[O-])cn2)C1. The highest BCUT2D eigenvalue weighted by Gasteiger charge is 2.30. The lowest BCUT2D eigenvalue weighted by molar-refractivity contribution is -0.385. The zero-order valence-electron chi connectivity index (χ0n) is 13.5. The average molecular weight is 323 g/mol. The second kappa shape index (κ2) is 6.80. The van der Waals surface area contributed by atoms with Crippen LogP contribution in [0, 0.1) is 16.0 Å². The van der Waals surface area contributed by atoms with Gasteiger partial charge in [0, 0.05) is 31.1 Å². The fourth-order valence-corrected chi connectivity index (χ4v) is 2.23. The standard InChI is InChI=1S/C15H21N3O5/c1-15(2,3)23-14(19)17-7-6-11(9-17)10-22-13-5-4-12(8-16-13)18(20)21/h4-5,8,11H,6-7,9-10H2,1-3H3. The van der Waals surface area contributed by atoms with Crippen molar-refractivity contribution in [3.05, 3.63) is 28.4 Å². The van der Waals surface area contributed by atoms with Crippen molar-refractivity contribution >= 4 is 11.8 Å². The minimum atomic E-state index is -0.507. The van der Waals surface area contributed by atoms with Crippen molar-refractivity contribution in [2.45, 2.75) is 32.8 Å². The zero-order valence-corrected chi connectivity index (χ0v) is 13.5. The first-order chi connectivity index (χ1) is 10.7. The van der Waals surface area contributed by atoms with Crippen molar-refractivity contribution < 1.29 is 19.2 Å². The summed E-state index contributed by atoms with van der Waals surface area (Å²) in [7, 11) is 0. The number of amides is 1. The van der Waals surface area contributed by atoms with Gasteiger partial charge in [-0.2, -0.15) is 0 Å². The minimum Gasteiger partial charge on any atom is -0.477 e. The first-order valence-electron chi connectivity index (χ1n) is 7.46. The Morgan fingerprint density at radius 1 is 1.48 bits per heavy atom. The van der Waals surface area contributed by atoms with Gasteiger partial charge < -0.3 is 14.4 Å². The molecule has 0 aliphatic carbocycles. The molecule has 1 aromatic heterocycles. The fraction of sp³-hybridized carbons (Fsp3) is 0.600. The molecule has 1 atom stereocenters. The normalized spacial score (nSPS) is 17.9. The monoisotopic (exact) mass is 323 g/mol. The summed E-state index contributed by atoms with van der Waals surface area (Å²) in [5, 5.41) is 10.6. The third-order valence-electron chi connectivity index (χ3n) is 3.34. The molecular weight excluding hydrogens is 302 g/mol. The molecule has 126 valence electrons. The molecule has 1 aliphatic rings.